The van der Waals surface area contributed by atoms with Crippen molar-refractivity contribution in [2.75, 3.05) is 24.3 Å². The summed E-state index contributed by atoms with van der Waals surface area (Å²) >= 11 is 6.13. The molecule has 1 atom stereocenters. The summed E-state index contributed by atoms with van der Waals surface area (Å²) in [7, 11) is 3.92. The highest BCUT2D eigenvalue weighted by Gasteiger charge is 2.19. The van der Waals surface area contributed by atoms with E-state index in [2.05, 4.69) is 12.2 Å². The molecule has 0 fully saturated rings. The van der Waals surface area contributed by atoms with Crippen LogP contribution >= 0.6 is 11.6 Å². The molecular weight excluding hydrogens is 374 g/mol. The van der Waals surface area contributed by atoms with E-state index >= 15 is 0 Å². The lowest BCUT2D eigenvalue weighted by Crippen LogP contribution is -2.36. The van der Waals surface area contributed by atoms with Crippen molar-refractivity contribution in [3.05, 3.63) is 58.6 Å². The summed E-state index contributed by atoms with van der Waals surface area (Å²) in [5, 5.41) is 3.31. The molecule has 0 unspecified atom stereocenters. The van der Waals surface area contributed by atoms with Gasteiger partial charge >= 0.3 is 0 Å². The van der Waals surface area contributed by atoms with Crippen LogP contribution in [0.4, 0.5) is 11.4 Å². The minimum absolute atomic E-state index is 0.0320. The molecule has 0 aliphatic carbocycles. The van der Waals surface area contributed by atoms with Crippen LogP contribution in [0.2, 0.25) is 5.02 Å². The maximum absolute atomic E-state index is 12.6. The fourth-order valence-electron chi connectivity index (χ4n) is 3.05. The Labute approximate surface area is 172 Å². The lowest BCUT2D eigenvalue weighted by atomic mass is 10.1. The van der Waals surface area contributed by atoms with Gasteiger partial charge in [0, 0.05) is 45.0 Å². The Kier molecular flexibility index (Phi) is 7.46. The Morgan fingerprint density at radius 3 is 2.39 bits per heavy atom. The summed E-state index contributed by atoms with van der Waals surface area (Å²) in [4.78, 5) is 28.6. The molecule has 2 rings (SSSR count). The average molecular weight is 402 g/mol. The van der Waals surface area contributed by atoms with Gasteiger partial charge in [-0.05, 0) is 49.2 Å². The number of carbonyl (C=O) groups is 2. The Bertz CT molecular complexity index is 851. The summed E-state index contributed by atoms with van der Waals surface area (Å²) < 4.78 is 0. The molecule has 28 heavy (non-hydrogen) atoms. The van der Waals surface area contributed by atoms with E-state index in [0.717, 1.165) is 17.7 Å². The van der Waals surface area contributed by atoms with Crippen LogP contribution in [0.15, 0.2) is 42.5 Å². The molecule has 0 heterocycles. The predicted octanol–water partition coefficient (Wildman–Crippen LogP) is 4.81. The molecule has 2 aromatic carbocycles. The van der Waals surface area contributed by atoms with Gasteiger partial charge in [-0.3, -0.25) is 9.59 Å². The quantitative estimate of drug-likeness (QED) is 0.724. The number of nitrogens with zero attached hydrogens (tertiary/aromatic N) is 2. The van der Waals surface area contributed by atoms with Gasteiger partial charge in [0.2, 0.25) is 5.91 Å². The molecule has 2 aromatic rings. The van der Waals surface area contributed by atoms with Crippen molar-refractivity contribution >= 4 is 34.8 Å². The van der Waals surface area contributed by atoms with Crippen LogP contribution in [0.5, 0.6) is 0 Å². The number of rotatable bonds is 7. The largest absolute Gasteiger partial charge is 0.377 e. The predicted molar refractivity (Wildman–Crippen MR) is 116 cm³/mol. The number of amides is 2. The lowest BCUT2D eigenvalue weighted by Gasteiger charge is -2.29. The Balaban J connectivity index is 2.33. The van der Waals surface area contributed by atoms with E-state index < -0.39 is 0 Å². The van der Waals surface area contributed by atoms with Crippen LogP contribution in [0.1, 0.15) is 43.1 Å². The molecular formula is C22H28ClN3O2. The Morgan fingerprint density at radius 1 is 1.14 bits per heavy atom. The van der Waals surface area contributed by atoms with Crippen molar-refractivity contribution in [2.45, 2.75) is 39.8 Å². The smallest absolute Gasteiger partial charge is 0.257 e. The Hall–Kier alpha value is -2.53. The second-order valence-corrected chi connectivity index (χ2v) is 7.48. The van der Waals surface area contributed by atoms with E-state index in [9.17, 15) is 9.59 Å². The molecule has 0 aliphatic heterocycles. The van der Waals surface area contributed by atoms with Crippen LogP contribution in [-0.4, -0.2) is 36.9 Å². The molecule has 150 valence electrons. The number of halogens is 1. The van der Waals surface area contributed by atoms with Gasteiger partial charge < -0.3 is 15.1 Å². The first-order valence-corrected chi connectivity index (χ1v) is 9.75. The molecule has 0 bridgehead atoms. The zero-order chi connectivity index (χ0) is 20.8. The van der Waals surface area contributed by atoms with E-state index in [4.69, 9.17) is 11.6 Å². The highest BCUT2D eigenvalue weighted by atomic mass is 35.5. The van der Waals surface area contributed by atoms with Gasteiger partial charge in [0.05, 0.1) is 10.6 Å². The van der Waals surface area contributed by atoms with Crippen LogP contribution < -0.4 is 10.2 Å². The van der Waals surface area contributed by atoms with Gasteiger partial charge in [0.1, 0.15) is 0 Å². The normalized spacial score (nSPS) is 11.6. The van der Waals surface area contributed by atoms with E-state index in [0.29, 0.717) is 22.8 Å². The number of carbonyl (C=O) groups excluding carboxylic acids is 2. The standard InChI is InChI=1S/C22H28ClN3O2/c1-6-15(2)26(16(3)27)14-17-13-18(11-12-21(17)25(4)5)24-22(28)19-9-7-8-10-20(19)23/h7-13,15H,6,14H2,1-5H3,(H,24,28)/t15-/m1/s1. The van der Waals surface area contributed by atoms with E-state index in [-0.39, 0.29) is 17.9 Å². The van der Waals surface area contributed by atoms with Crippen LogP contribution in [0.25, 0.3) is 0 Å². The lowest BCUT2D eigenvalue weighted by molar-refractivity contribution is -0.131. The number of nitrogens with one attached hydrogen (secondary N) is 1. The number of anilines is 2. The second-order valence-electron chi connectivity index (χ2n) is 7.08. The van der Waals surface area contributed by atoms with E-state index in [1.165, 1.54) is 0 Å². The molecule has 0 spiro atoms. The van der Waals surface area contributed by atoms with Gasteiger partial charge in [0.15, 0.2) is 0 Å². The van der Waals surface area contributed by atoms with Gasteiger partial charge in [-0.1, -0.05) is 30.7 Å². The maximum Gasteiger partial charge on any atom is 0.257 e. The number of hydrogen-bond acceptors (Lipinski definition) is 3. The SMILES string of the molecule is CC[C@@H](C)N(Cc1cc(NC(=O)c2ccccc2Cl)ccc1N(C)C)C(C)=O. The summed E-state index contributed by atoms with van der Waals surface area (Å²) in [5.74, 6) is -0.232. The monoisotopic (exact) mass is 401 g/mol. The third-order valence-corrected chi connectivity index (χ3v) is 5.14. The molecule has 0 radical (unpaired) electrons. The third-order valence-electron chi connectivity index (χ3n) is 4.81. The van der Waals surface area contributed by atoms with Crippen LogP contribution in [0, 0.1) is 0 Å². The topological polar surface area (TPSA) is 52.7 Å². The van der Waals surface area contributed by atoms with E-state index in [1.807, 2.05) is 49.0 Å². The van der Waals surface area contributed by atoms with E-state index in [1.54, 1.807) is 31.2 Å². The summed E-state index contributed by atoms with van der Waals surface area (Å²) in [6.07, 6.45) is 0.875. The summed E-state index contributed by atoms with van der Waals surface area (Å²) in [5.41, 5.74) is 3.06. The number of benzene rings is 2. The molecule has 5 nitrogen and oxygen atoms in total. The third kappa shape index (κ3) is 5.26. The molecule has 0 aliphatic rings. The summed E-state index contributed by atoms with van der Waals surface area (Å²) in [6.45, 7) is 6.17. The zero-order valence-corrected chi connectivity index (χ0v) is 17.9. The fourth-order valence-corrected chi connectivity index (χ4v) is 3.27. The minimum atomic E-state index is -0.264. The van der Waals surface area contributed by atoms with Gasteiger partial charge in [-0.2, -0.15) is 0 Å². The maximum atomic E-state index is 12.6. The highest BCUT2D eigenvalue weighted by Crippen LogP contribution is 2.26. The van der Waals surface area contributed by atoms with Crippen molar-refractivity contribution in [1.29, 1.82) is 0 Å². The Morgan fingerprint density at radius 2 is 1.82 bits per heavy atom. The van der Waals surface area contributed by atoms with Crippen molar-refractivity contribution in [3.8, 4) is 0 Å². The molecule has 6 heteroatoms. The van der Waals surface area contributed by atoms with Crippen LogP contribution in [-0.2, 0) is 11.3 Å². The molecule has 0 saturated carbocycles. The van der Waals surface area contributed by atoms with Gasteiger partial charge in [-0.25, -0.2) is 0 Å². The zero-order valence-electron chi connectivity index (χ0n) is 17.1. The first-order chi connectivity index (χ1) is 13.2. The number of hydrogen-bond donors (Lipinski definition) is 1. The first kappa shape index (κ1) is 21.8. The first-order valence-electron chi connectivity index (χ1n) is 9.37. The molecule has 2 amide bonds. The van der Waals surface area contributed by atoms with Crippen molar-refractivity contribution < 1.29 is 9.59 Å². The van der Waals surface area contributed by atoms with Gasteiger partial charge in [-0.15, -0.1) is 0 Å². The van der Waals surface area contributed by atoms with Crippen molar-refractivity contribution in [3.63, 3.8) is 0 Å². The van der Waals surface area contributed by atoms with Crippen molar-refractivity contribution in [2.24, 2.45) is 0 Å². The molecule has 0 saturated heterocycles. The highest BCUT2D eigenvalue weighted by molar-refractivity contribution is 6.34. The average Bonchev–Trinajstić information content (AvgIpc) is 2.65. The molecule has 0 aromatic heterocycles. The fraction of sp³-hybridized carbons (Fsp3) is 0.364. The second kappa shape index (κ2) is 9.60. The summed E-state index contributed by atoms with van der Waals surface area (Å²) in [6, 6.07) is 12.8. The molecule has 1 N–H and O–H groups in total. The minimum Gasteiger partial charge on any atom is -0.377 e. The van der Waals surface area contributed by atoms with Crippen molar-refractivity contribution in [1.82, 2.24) is 4.90 Å². The van der Waals surface area contributed by atoms with Crippen LogP contribution in [0.3, 0.4) is 0 Å². The van der Waals surface area contributed by atoms with Gasteiger partial charge in [0.25, 0.3) is 5.91 Å².